The fourth-order valence-corrected chi connectivity index (χ4v) is 3.73. The van der Waals surface area contributed by atoms with Gasteiger partial charge in [-0.15, -0.1) is 0 Å². The zero-order chi connectivity index (χ0) is 24.2. The van der Waals surface area contributed by atoms with Gasteiger partial charge in [-0.3, -0.25) is 19.1 Å². The van der Waals surface area contributed by atoms with Crippen molar-refractivity contribution in [1.82, 2.24) is 9.36 Å². The molecule has 4 aromatic rings. The van der Waals surface area contributed by atoms with E-state index in [1.807, 2.05) is 42.5 Å². The van der Waals surface area contributed by atoms with E-state index in [1.54, 1.807) is 55.1 Å². The Hall–Kier alpha value is -4.39. The number of rotatable bonds is 6. The second-order valence-corrected chi connectivity index (χ2v) is 7.98. The Kier molecular flexibility index (Phi) is 6.45. The van der Waals surface area contributed by atoms with Gasteiger partial charge in [0.2, 0.25) is 0 Å². The van der Waals surface area contributed by atoms with Crippen LogP contribution in [-0.4, -0.2) is 21.2 Å². The Labute approximate surface area is 197 Å². The summed E-state index contributed by atoms with van der Waals surface area (Å²) < 4.78 is 3.21. The van der Waals surface area contributed by atoms with E-state index in [1.165, 1.54) is 4.68 Å². The molecule has 34 heavy (non-hydrogen) atoms. The van der Waals surface area contributed by atoms with Gasteiger partial charge in [0.05, 0.1) is 11.4 Å². The lowest BCUT2D eigenvalue weighted by molar-refractivity contribution is 0.101. The molecule has 0 fully saturated rings. The molecular formula is C27H26N4O3. The summed E-state index contributed by atoms with van der Waals surface area (Å²) >= 11 is 0. The third kappa shape index (κ3) is 4.54. The molecule has 0 aliphatic heterocycles. The molecule has 0 aliphatic rings. The average molecular weight is 455 g/mol. The number of aromatic nitrogens is 2. The minimum Gasteiger partial charge on any atom is -0.322 e. The maximum absolute atomic E-state index is 13.1. The first-order valence-electron chi connectivity index (χ1n) is 11.0. The second kappa shape index (κ2) is 9.62. The highest BCUT2D eigenvalue weighted by atomic mass is 16.2. The van der Waals surface area contributed by atoms with E-state index < -0.39 is 5.91 Å². The van der Waals surface area contributed by atoms with Crippen LogP contribution in [0.5, 0.6) is 0 Å². The summed E-state index contributed by atoms with van der Waals surface area (Å²) in [5.74, 6) is -0.695. The fourth-order valence-electron chi connectivity index (χ4n) is 3.73. The van der Waals surface area contributed by atoms with E-state index in [4.69, 9.17) is 0 Å². The third-order valence-electron chi connectivity index (χ3n) is 5.80. The van der Waals surface area contributed by atoms with Gasteiger partial charge in [0.1, 0.15) is 5.69 Å². The predicted octanol–water partition coefficient (Wildman–Crippen LogP) is 4.55. The van der Waals surface area contributed by atoms with E-state index in [0.717, 1.165) is 12.0 Å². The van der Waals surface area contributed by atoms with E-state index in [-0.39, 0.29) is 17.2 Å². The normalized spacial score (nSPS) is 10.7. The molecule has 7 nitrogen and oxygen atoms in total. The van der Waals surface area contributed by atoms with E-state index in [2.05, 4.69) is 17.6 Å². The van der Waals surface area contributed by atoms with Crippen LogP contribution in [0.4, 0.5) is 11.4 Å². The number of hydrogen-bond donors (Lipinski definition) is 2. The first kappa shape index (κ1) is 22.8. The number of hydrogen-bond acceptors (Lipinski definition) is 3. The number of anilines is 2. The van der Waals surface area contributed by atoms with E-state index >= 15 is 0 Å². The van der Waals surface area contributed by atoms with Gasteiger partial charge in [0, 0.05) is 23.9 Å². The molecule has 0 radical (unpaired) electrons. The molecule has 0 spiro atoms. The lowest BCUT2D eigenvalue weighted by Crippen LogP contribution is -2.23. The van der Waals surface area contributed by atoms with E-state index in [0.29, 0.717) is 28.2 Å². The maximum atomic E-state index is 13.1. The van der Waals surface area contributed by atoms with Crippen LogP contribution in [0.1, 0.15) is 38.9 Å². The molecule has 3 aromatic carbocycles. The van der Waals surface area contributed by atoms with Crippen molar-refractivity contribution < 1.29 is 9.59 Å². The van der Waals surface area contributed by atoms with Crippen LogP contribution in [0.2, 0.25) is 0 Å². The highest BCUT2D eigenvalue weighted by molar-refractivity contribution is 6.07. The van der Waals surface area contributed by atoms with Crippen molar-refractivity contribution in [3.05, 3.63) is 112 Å². The number of benzene rings is 3. The summed E-state index contributed by atoms with van der Waals surface area (Å²) in [6.07, 6.45) is 0.899. The van der Waals surface area contributed by atoms with Gasteiger partial charge in [-0.05, 0) is 61.4 Å². The quantitative estimate of drug-likeness (QED) is 0.448. The van der Waals surface area contributed by atoms with Crippen molar-refractivity contribution in [2.24, 2.45) is 7.05 Å². The molecule has 2 N–H and O–H groups in total. The lowest BCUT2D eigenvalue weighted by Gasteiger charge is -2.08. The first-order valence-corrected chi connectivity index (χ1v) is 11.0. The van der Waals surface area contributed by atoms with Crippen molar-refractivity contribution in [2.45, 2.75) is 20.3 Å². The largest absolute Gasteiger partial charge is 0.322 e. The molecule has 0 unspecified atom stereocenters. The van der Waals surface area contributed by atoms with Gasteiger partial charge in [0.15, 0.2) is 0 Å². The zero-order valence-electron chi connectivity index (χ0n) is 19.3. The summed E-state index contributed by atoms with van der Waals surface area (Å²) in [6.45, 7) is 3.83. The smallest absolute Gasteiger partial charge is 0.295 e. The highest BCUT2D eigenvalue weighted by Crippen LogP contribution is 2.17. The Morgan fingerprint density at radius 3 is 2.18 bits per heavy atom. The van der Waals surface area contributed by atoms with Gasteiger partial charge in [-0.1, -0.05) is 43.3 Å². The average Bonchev–Trinajstić information content (AvgIpc) is 3.07. The summed E-state index contributed by atoms with van der Waals surface area (Å²) in [4.78, 5) is 38.6. The van der Waals surface area contributed by atoms with Gasteiger partial charge in [-0.25, -0.2) is 4.68 Å². The van der Waals surface area contributed by atoms with Crippen molar-refractivity contribution >= 4 is 23.2 Å². The molecule has 0 aliphatic carbocycles. The molecule has 0 bridgehead atoms. The number of nitrogens with one attached hydrogen (secondary N) is 2. The maximum Gasteiger partial charge on any atom is 0.295 e. The monoisotopic (exact) mass is 454 g/mol. The molecular weight excluding hydrogens is 428 g/mol. The minimum atomic E-state index is -0.436. The fraction of sp³-hybridized carbons (Fsp3) is 0.148. The summed E-state index contributed by atoms with van der Waals surface area (Å²) in [5.41, 5.74) is 3.72. The van der Waals surface area contributed by atoms with Gasteiger partial charge < -0.3 is 10.6 Å². The number of carbonyl (C=O) groups excluding carboxylic acids is 2. The Morgan fingerprint density at radius 2 is 1.50 bits per heavy atom. The highest BCUT2D eigenvalue weighted by Gasteiger charge is 2.19. The number of nitrogens with zero attached hydrogens (tertiary/aromatic N) is 2. The topological polar surface area (TPSA) is 85.1 Å². The SMILES string of the molecule is CCc1ccc(C(=O)Nc2cccc(C(=O)Nc3c(C)n(C)n(-c4ccccc4)c3=O)c2)cc1. The van der Waals surface area contributed by atoms with Crippen LogP contribution in [0.3, 0.4) is 0 Å². The molecule has 7 heteroatoms. The molecule has 1 heterocycles. The lowest BCUT2D eigenvalue weighted by atomic mass is 10.1. The zero-order valence-corrected chi connectivity index (χ0v) is 19.3. The van der Waals surface area contributed by atoms with Crippen molar-refractivity contribution in [2.75, 3.05) is 10.6 Å². The molecule has 1 aromatic heterocycles. The number of aryl methyl sites for hydroxylation is 1. The summed E-state index contributed by atoms with van der Waals surface area (Å²) in [5, 5.41) is 5.57. The number of carbonyl (C=O) groups is 2. The van der Waals surface area contributed by atoms with Crippen molar-refractivity contribution in [1.29, 1.82) is 0 Å². The molecule has 172 valence electrons. The minimum absolute atomic E-state index is 0.210. The second-order valence-electron chi connectivity index (χ2n) is 7.98. The van der Waals surface area contributed by atoms with Crippen molar-refractivity contribution in [3.8, 4) is 5.69 Å². The first-order chi connectivity index (χ1) is 16.4. The van der Waals surface area contributed by atoms with Crippen molar-refractivity contribution in [3.63, 3.8) is 0 Å². The number of amides is 2. The summed E-state index contributed by atoms with van der Waals surface area (Å²) in [7, 11) is 1.77. The van der Waals surface area contributed by atoms with Crippen LogP contribution < -0.4 is 16.2 Å². The Bertz CT molecular complexity index is 1400. The van der Waals surface area contributed by atoms with Crippen LogP contribution in [0.15, 0.2) is 83.7 Å². The number of para-hydroxylation sites is 1. The molecule has 0 saturated heterocycles. The molecule has 0 atom stereocenters. The van der Waals surface area contributed by atoms with Gasteiger partial charge in [0.25, 0.3) is 17.4 Å². The van der Waals surface area contributed by atoms with Gasteiger partial charge >= 0.3 is 0 Å². The Morgan fingerprint density at radius 1 is 0.824 bits per heavy atom. The standard InChI is InChI=1S/C27H26N4O3/c1-4-19-13-15-20(16-14-19)25(32)28-22-10-8-9-21(17-22)26(33)29-24-18(2)30(3)31(27(24)34)23-11-6-5-7-12-23/h5-17H,4H2,1-3H3,(H,28,32)(H,29,33). The van der Waals surface area contributed by atoms with Crippen LogP contribution in [0, 0.1) is 6.92 Å². The third-order valence-corrected chi connectivity index (χ3v) is 5.80. The van der Waals surface area contributed by atoms with Crippen LogP contribution in [-0.2, 0) is 13.5 Å². The molecule has 4 rings (SSSR count). The molecule has 0 saturated carbocycles. The molecule has 2 amide bonds. The summed E-state index contributed by atoms with van der Waals surface area (Å²) in [6, 6.07) is 23.2. The van der Waals surface area contributed by atoms with Crippen LogP contribution >= 0.6 is 0 Å². The Balaban J connectivity index is 1.54. The predicted molar refractivity (Wildman–Crippen MR) is 134 cm³/mol. The van der Waals surface area contributed by atoms with Crippen LogP contribution in [0.25, 0.3) is 5.69 Å². The van der Waals surface area contributed by atoms with E-state index in [9.17, 15) is 14.4 Å². The van der Waals surface area contributed by atoms with Gasteiger partial charge in [-0.2, -0.15) is 0 Å².